The molecule has 0 atom stereocenters. The van der Waals surface area contributed by atoms with E-state index in [0.29, 0.717) is 42.9 Å². The molecule has 1 N–H and O–H groups in total. The molecular formula is C23H27F3N2O3. The molecule has 0 amide bonds. The summed E-state index contributed by atoms with van der Waals surface area (Å²) in [7, 11) is 1.66. The minimum atomic E-state index is -4.27. The Hall–Kier alpha value is -2.61. The number of ether oxygens (including phenoxy) is 1. The lowest BCUT2D eigenvalue weighted by Crippen LogP contribution is -2.25. The minimum Gasteiger partial charge on any atom is -0.384 e. The van der Waals surface area contributed by atoms with Crippen LogP contribution >= 0.6 is 0 Å². The molecule has 1 saturated heterocycles. The molecule has 2 aromatic rings. The van der Waals surface area contributed by atoms with Crippen LogP contribution in [0.1, 0.15) is 30.4 Å². The minimum absolute atomic E-state index is 0.0767. The van der Waals surface area contributed by atoms with Gasteiger partial charge in [-0.2, -0.15) is 13.2 Å². The van der Waals surface area contributed by atoms with E-state index in [0.717, 1.165) is 11.1 Å². The molecule has 0 radical (unpaired) electrons. The first-order valence-corrected chi connectivity index (χ1v) is 10.4. The summed E-state index contributed by atoms with van der Waals surface area (Å²) < 4.78 is 44.7. The summed E-state index contributed by atoms with van der Waals surface area (Å²) in [6.07, 6.45) is -2.04. The number of rotatable bonds is 7. The highest BCUT2D eigenvalue weighted by Crippen LogP contribution is 2.29. The number of Topliss-reactive ketones (excluding diaryl/α,β-unsaturated/α-hetero) is 1. The van der Waals surface area contributed by atoms with E-state index in [1.54, 1.807) is 38.4 Å². The monoisotopic (exact) mass is 436 g/mol. The molecule has 0 saturated carbocycles. The van der Waals surface area contributed by atoms with Crippen molar-refractivity contribution in [2.24, 2.45) is 13.0 Å². The zero-order valence-electron chi connectivity index (χ0n) is 17.7. The van der Waals surface area contributed by atoms with Crippen molar-refractivity contribution < 1.29 is 22.7 Å². The van der Waals surface area contributed by atoms with Crippen molar-refractivity contribution in [2.75, 3.05) is 25.1 Å². The number of pyridine rings is 1. The smallest absolute Gasteiger partial charge is 0.384 e. The third kappa shape index (κ3) is 6.19. The van der Waals surface area contributed by atoms with Gasteiger partial charge in [0, 0.05) is 56.6 Å². The topological polar surface area (TPSA) is 60.3 Å². The predicted molar refractivity (Wildman–Crippen MR) is 113 cm³/mol. The van der Waals surface area contributed by atoms with Crippen molar-refractivity contribution >= 4 is 11.5 Å². The molecule has 1 aliphatic heterocycles. The van der Waals surface area contributed by atoms with Crippen molar-refractivity contribution in [3.8, 4) is 11.1 Å². The molecule has 3 rings (SSSR count). The molecule has 8 heteroatoms. The Kier molecular flexibility index (Phi) is 7.20. The van der Waals surface area contributed by atoms with E-state index in [-0.39, 0.29) is 30.2 Å². The van der Waals surface area contributed by atoms with E-state index < -0.39 is 12.6 Å². The van der Waals surface area contributed by atoms with Crippen molar-refractivity contribution in [3.63, 3.8) is 0 Å². The SMILES string of the molecule is Cc1cc(-c2ccc(CC(=O)C3CCOCC3)c(NCCC(F)(F)F)c2)cn(C)c1=O. The summed E-state index contributed by atoms with van der Waals surface area (Å²) >= 11 is 0. The average molecular weight is 436 g/mol. The Morgan fingerprint density at radius 2 is 1.90 bits per heavy atom. The number of hydrogen-bond donors (Lipinski definition) is 1. The van der Waals surface area contributed by atoms with Gasteiger partial charge in [0.2, 0.25) is 0 Å². The third-order valence-electron chi connectivity index (χ3n) is 5.57. The van der Waals surface area contributed by atoms with E-state index in [4.69, 9.17) is 4.74 Å². The number of nitrogens with one attached hydrogen (secondary N) is 1. The van der Waals surface area contributed by atoms with Crippen LogP contribution in [0.5, 0.6) is 0 Å². The van der Waals surface area contributed by atoms with E-state index in [9.17, 15) is 22.8 Å². The van der Waals surface area contributed by atoms with Gasteiger partial charge in [-0.3, -0.25) is 9.59 Å². The molecule has 1 fully saturated rings. The van der Waals surface area contributed by atoms with E-state index >= 15 is 0 Å². The standard InChI is InChI=1S/C23H27F3N2O3/c1-15-11-19(14-28(2)22(15)30)17-3-4-18(13-21(29)16-5-9-31-10-6-16)20(12-17)27-8-7-23(24,25)26/h3-4,11-12,14,16,27H,5-10,13H2,1-2H3. The maximum absolute atomic E-state index is 12.7. The first-order valence-electron chi connectivity index (χ1n) is 10.4. The quantitative estimate of drug-likeness (QED) is 0.705. The Balaban J connectivity index is 1.88. The van der Waals surface area contributed by atoms with E-state index in [2.05, 4.69) is 5.32 Å². The lowest BCUT2D eigenvalue weighted by atomic mass is 9.90. The molecule has 31 heavy (non-hydrogen) atoms. The number of aromatic nitrogens is 1. The summed E-state index contributed by atoms with van der Waals surface area (Å²) in [5, 5.41) is 2.86. The van der Waals surface area contributed by atoms with Crippen LogP contribution in [0.15, 0.2) is 35.3 Å². The second kappa shape index (κ2) is 9.68. The highest BCUT2D eigenvalue weighted by Gasteiger charge is 2.27. The average Bonchev–Trinajstić information content (AvgIpc) is 2.72. The molecule has 2 heterocycles. The Labute approximate surface area is 179 Å². The predicted octanol–water partition coefficient (Wildman–Crippen LogP) is 4.26. The Morgan fingerprint density at radius 3 is 2.55 bits per heavy atom. The molecule has 0 aliphatic carbocycles. The Bertz CT molecular complexity index is 966. The van der Waals surface area contributed by atoms with Gasteiger partial charge in [0.25, 0.3) is 5.56 Å². The van der Waals surface area contributed by atoms with Gasteiger partial charge in [-0.05, 0) is 48.6 Å². The number of aryl methyl sites for hydroxylation is 2. The highest BCUT2D eigenvalue weighted by molar-refractivity contribution is 5.85. The number of halogens is 3. The van der Waals surface area contributed by atoms with Gasteiger partial charge in [-0.1, -0.05) is 12.1 Å². The molecule has 168 valence electrons. The molecule has 5 nitrogen and oxygen atoms in total. The van der Waals surface area contributed by atoms with E-state index in [1.807, 2.05) is 6.07 Å². The maximum atomic E-state index is 12.7. The fourth-order valence-corrected chi connectivity index (χ4v) is 3.80. The van der Waals surface area contributed by atoms with Crippen molar-refractivity contribution in [3.05, 3.63) is 51.9 Å². The molecule has 0 spiro atoms. The van der Waals surface area contributed by atoms with Crippen LogP contribution in [0.2, 0.25) is 0 Å². The van der Waals surface area contributed by atoms with Gasteiger partial charge in [-0.15, -0.1) is 0 Å². The van der Waals surface area contributed by atoms with Crippen molar-refractivity contribution in [1.82, 2.24) is 4.57 Å². The van der Waals surface area contributed by atoms with Crippen LogP contribution in [0, 0.1) is 12.8 Å². The normalized spacial score (nSPS) is 15.1. The molecule has 0 bridgehead atoms. The van der Waals surface area contributed by atoms with Crippen LogP contribution in [-0.4, -0.2) is 36.3 Å². The molecule has 1 aliphatic rings. The summed E-state index contributed by atoms with van der Waals surface area (Å²) in [4.78, 5) is 24.7. The number of hydrogen-bond acceptors (Lipinski definition) is 4. The highest BCUT2D eigenvalue weighted by atomic mass is 19.4. The first-order chi connectivity index (χ1) is 14.6. The fraction of sp³-hybridized carbons (Fsp3) is 0.478. The van der Waals surface area contributed by atoms with Gasteiger partial charge in [0.1, 0.15) is 5.78 Å². The maximum Gasteiger partial charge on any atom is 0.390 e. The van der Waals surface area contributed by atoms with Gasteiger partial charge in [0.15, 0.2) is 0 Å². The third-order valence-corrected chi connectivity index (χ3v) is 5.57. The largest absolute Gasteiger partial charge is 0.390 e. The number of benzene rings is 1. The van der Waals surface area contributed by atoms with Crippen LogP contribution in [0.3, 0.4) is 0 Å². The Morgan fingerprint density at radius 1 is 1.19 bits per heavy atom. The van der Waals surface area contributed by atoms with Gasteiger partial charge < -0.3 is 14.6 Å². The second-order valence-corrected chi connectivity index (χ2v) is 8.02. The van der Waals surface area contributed by atoms with Gasteiger partial charge in [0.05, 0.1) is 6.42 Å². The molecular weight excluding hydrogens is 409 g/mol. The number of nitrogens with zero attached hydrogens (tertiary/aromatic N) is 1. The van der Waals surface area contributed by atoms with E-state index in [1.165, 1.54) is 4.57 Å². The van der Waals surface area contributed by atoms with Crippen LogP contribution in [0.4, 0.5) is 18.9 Å². The number of alkyl halides is 3. The van der Waals surface area contributed by atoms with Crippen molar-refractivity contribution in [1.29, 1.82) is 0 Å². The van der Waals surface area contributed by atoms with Gasteiger partial charge in [-0.25, -0.2) is 0 Å². The summed E-state index contributed by atoms with van der Waals surface area (Å²) in [6, 6.07) is 7.12. The summed E-state index contributed by atoms with van der Waals surface area (Å²) in [5.74, 6) is -0.00405. The first kappa shape index (κ1) is 23.1. The van der Waals surface area contributed by atoms with Gasteiger partial charge >= 0.3 is 6.18 Å². The zero-order chi connectivity index (χ0) is 22.6. The lowest BCUT2D eigenvalue weighted by Gasteiger charge is -2.22. The van der Waals surface area contributed by atoms with Crippen LogP contribution in [-0.2, 0) is 23.0 Å². The molecule has 0 unspecified atom stereocenters. The second-order valence-electron chi connectivity index (χ2n) is 8.02. The zero-order valence-corrected chi connectivity index (χ0v) is 17.7. The molecule has 1 aromatic heterocycles. The van der Waals surface area contributed by atoms with Crippen LogP contribution in [0.25, 0.3) is 11.1 Å². The lowest BCUT2D eigenvalue weighted by molar-refractivity contribution is -0.131. The fourth-order valence-electron chi connectivity index (χ4n) is 3.80. The van der Waals surface area contributed by atoms with Crippen molar-refractivity contribution in [2.45, 2.75) is 38.8 Å². The number of carbonyl (C=O) groups excluding carboxylic acids is 1. The summed E-state index contributed by atoms with van der Waals surface area (Å²) in [6.45, 7) is 2.54. The van der Waals surface area contributed by atoms with Crippen LogP contribution < -0.4 is 10.9 Å². The summed E-state index contributed by atoms with van der Waals surface area (Å²) in [5.41, 5.74) is 3.19. The number of ketones is 1. The molecule has 1 aromatic carbocycles. The number of carbonyl (C=O) groups is 1. The number of anilines is 1.